The van der Waals surface area contributed by atoms with Crippen LogP contribution in [0.25, 0.3) is 0 Å². The number of hydrogen-bond donors (Lipinski definition) is 1. The van der Waals surface area contributed by atoms with Gasteiger partial charge in [0.25, 0.3) is 0 Å². The maximum atomic E-state index is 5.59. The van der Waals surface area contributed by atoms with Gasteiger partial charge >= 0.3 is 0 Å². The van der Waals surface area contributed by atoms with Crippen LogP contribution in [0.2, 0.25) is 0 Å². The Balaban J connectivity index is 2.62. The molecule has 0 aliphatic carbocycles. The average Bonchev–Trinajstić information content (AvgIpc) is 2.19. The van der Waals surface area contributed by atoms with Crippen LogP contribution in [0.3, 0.4) is 0 Å². The van der Waals surface area contributed by atoms with E-state index in [2.05, 4.69) is 32.0 Å². The molecule has 2 N–H and O–H groups in total. The zero-order valence-corrected chi connectivity index (χ0v) is 9.21. The first kappa shape index (κ1) is 11.2. The van der Waals surface area contributed by atoms with E-state index in [4.69, 9.17) is 10.5 Å². The highest BCUT2D eigenvalue weighted by Gasteiger charge is 2.02. The van der Waals surface area contributed by atoms with E-state index in [1.165, 1.54) is 16.7 Å². The first-order valence-electron chi connectivity index (χ1n) is 5.01. The minimum absolute atomic E-state index is 0.134. The van der Waals surface area contributed by atoms with Crippen LogP contribution in [-0.2, 0) is 11.3 Å². The summed E-state index contributed by atoms with van der Waals surface area (Å²) in [5, 5.41) is 0. The van der Waals surface area contributed by atoms with E-state index in [1.54, 1.807) is 0 Å². The van der Waals surface area contributed by atoms with Crippen molar-refractivity contribution < 1.29 is 4.74 Å². The molecule has 0 aliphatic heterocycles. The van der Waals surface area contributed by atoms with E-state index in [1.807, 2.05) is 6.92 Å². The molecule has 2 nitrogen and oxygen atoms in total. The maximum Gasteiger partial charge on any atom is 0.0723 e. The first-order chi connectivity index (χ1) is 6.63. The van der Waals surface area contributed by atoms with Crippen LogP contribution in [-0.4, -0.2) is 12.6 Å². The second-order valence-corrected chi connectivity index (χ2v) is 3.79. The van der Waals surface area contributed by atoms with Gasteiger partial charge in [-0.2, -0.15) is 0 Å². The summed E-state index contributed by atoms with van der Waals surface area (Å²) in [6.07, 6.45) is 0.134. The molecule has 1 unspecified atom stereocenters. The van der Waals surface area contributed by atoms with Gasteiger partial charge in [-0.15, -0.1) is 0 Å². The van der Waals surface area contributed by atoms with Crippen molar-refractivity contribution in [2.45, 2.75) is 33.5 Å². The summed E-state index contributed by atoms with van der Waals surface area (Å²) in [5.74, 6) is 0. The molecular weight excluding hydrogens is 174 g/mol. The fraction of sp³-hybridized carbons (Fsp3) is 0.500. The Labute approximate surface area is 86.1 Å². The summed E-state index contributed by atoms with van der Waals surface area (Å²) >= 11 is 0. The standard InChI is InChI=1S/C12H19NO/c1-9-4-5-10(2)12(6-9)8-14-11(3)7-13/h4-6,11H,7-8,13H2,1-3H3. The molecule has 1 rings (SSSR count). The van der Waals surface area contributed by atoms with Crippen molar-refractivity contribution in [3.8, 4) is 0 Å². The van der Waals surface area contributed by atoms with Gasteiger partial charge in [0.15, 0.2) is 0 Å². The van der Waals surface area contributed by atoms with E-state index in [0.717, 1.165) is 0 Å². The Morgan fingerprint density at radius 3 is 2.71 bits per heavy atom. The summed E-state index contributed by atoms with van der Waals surface area (Å²) in [5.41, 5.74) is 9.28. The average molecular weight is 193 g/mol. The topological polar surface area (TPSA) is 35.2 Å². The van der Waals surface area contributed by atoms with Gasteiger partial charge in [-0.1, -0.05) is 23.8 Å². The third kappa shape index (κ3) is 3.13. The molecule has 0 spiro atoms. The molecule has 14 heavy (non-hydrogen) atoms. The van der Waals surface area contributed by atoms with E-state index in [-0.39, 0.29) is 6.10 Å². The lowest BCUT2D eigenvalue weighted by atomic mass is 10.1. The minimum Gasteiger partial charge on any atom is -0.373 e. The number of benzene rings is 1. The van der Waals surface area contributed by atoms with Crippen LogP contribution >= 0.6 is 0 Å². The largest absolute Gasteiger partial charge is 0.373 e. The van der Waals surface area contributed by atoms with Crippen molar-refractivity contribution in [1.29, 1.82) is 0 Å². The Bertz CT molecular complexity index is 296. The number of hydrogen-bond acceptors (Lipinski definition) is 2. The minimum atomic E-state index is 0.134. The van der Waals surface area contributed by atoms with Crippen molar-refractivity contribution >= 4 is 0 Å². The number of rotatable bonds is 4. The first-order valence-corrected chi connectivity index (χ1v) is 5.01. The third-order valence-corrected chi connectivity index (χ3v) is 2.36. The normalized spacial score (nSPS) is 12.9. The number of ether oxygens (including phenoxy) is 1. The summed E-state index contributed by atoms with van der Waals surface area (Å²) in [6, 6.07) is 6.41. The predicted molar refractivity (Wildman–Crippen MR) is 59.2 cm³/mol. The van der Waals surface area contributed by atoms with Crippen molar-refractivity contribution in [3.05, 3.63) is 34.9 Å². The fourth-order valence-electron chi connectivity index (χ4n) is 1.26. The van der Waals surface area contributed by atoms with Gasteiger partial charge in [0.2, 0.25) is 0 Å². The molecule has 0 amide bonds. The van der Waals surface area contributed by atoms with Crippen molar-refractivity contribution in [2.75, 3.05) is 6.54 Å². The second-order valence-electron chi connectivity index (χ2n) is 3.79. The van der Waals surface area contributed by atoms with E-state index < -0.39 is 0 Å². The van der Waals surface area contributed by atoms with Crippen LogP contribution in [0.1, 0.15) is 23.6 Å². The lowest BCUT2D eigenvalue weighted by Crippen LogP contribution is -2.19. The van der Waals surface area contributed by atoms with E-state index >= 15 is 0 Å². The molecule has 0 bridgehead atoms. The molecular formula is C12H19NO. The van der Waals surface area contributed by atoms with Crippen LogP contribution in [0.5, 0.6) is 0 Å². The van der Waals surface area contributed by atoms with Crippen LogP contribution < -0.4 is 5.73 Å². The Hall–Kier alpha value is -0.860. The monoisotopic (exact) mass is 193 g/mol. The summed E-state index contributed by atoms with van der Waals surface area (Å²) in [7, 11) is 0. The molecule has 0 saturated carbocycles. The smallest absolute Gasteiger partial charge is 0.0723 e. The van der Waals surface area contributed by atoms with Crippen LogP contribution in [0, 0.1) is 13.8 Å². The van der Waals surface area contributed by atoms with Gasteiger partial charge < -0.3 is 10.5 Å². The molecule has 0 aromatic heterocycles. The predicted octanol–water partition coefficient (Wildman–Crippen LogP) is 2.17. The molecule has 0 aliphatic rings. The quantitative estimate of drug-likeness (QED) is 0.795. The number of nitrogens with two attached hydrogens (primary N) is 1. The van der Waals surface area contributed by atoms with Crippen LogP contribution in [0.4, 0.5) is 0 Å². The van der Waals surface area contributed by atoms with Crippen molar-refractivity contribution in [1.82, 2.24) is 0 Å². The molecule has 0 heterocycles. The second kappa shape index (κ2) is 5.13. The number of aryl methyl sites for hydroxylation is 2. The van der Waals surface area contributed by atoms with Crippen molar-refractivity contribution in [3.63, 3.8) is 0 Å². The molecule has 0 fully saturated rings. The summed E-state index contributed by atoms with van der Waals surface area (Å²) < 4.78 is 5.59. The Morgan fingerprint density at radius 2 is 2.07 bits per heavy atom. The highest BCUT2D eigenvalue weighted by molar-refractivity contribution is 5.29. The van der Waals surface area contributed by atoms with Crippen LogP contribution in [0.15, 0.2) is 18.2 Å². The van der Waals surface area contributed by atoms with E-state index in [0.29, 0.717) is 13.2 Å². The Morgan fingerprint density at radius 1 is 1.36 bits per heavy atom. The molecule has 2 heteroatoms. The Kier molecular flexibility index (Phi) is 4.11. The maximum absolute atomic E-state index is 5.59. The van der Waals surface area contributed by atoms with Gasteiger partial charge in [-0.3, -0.25) is 0 Å². The SMILES string of the molecule is Cc1ccc(C)c(COC(C)CN)c1. The van der Waals surface area contributed by atoms with Gasteiger partial charge in [-0.05, 0) is 31.9 Å². The molecule has 1 aromatic rings. The lowest BCUT2D eigenvalue weighted by molar-refractivity contribution is 0.0587. The molecule has 0 saturated heterocycles. The fourth-order valence-corrected chi connectivity index (χ4v) is 1.26. The molecule has 1 atom stereocenters. The van der Waals surface area contributed by atoms with Gasteiger partial charge in [0, 0.05) is 6.54 Å². The molecule has 1 aromatic carbocycles. The lowest BCUT2D eigenvalue weighted by Gasteiger charge is -2.12. The highest BCUT2D eigenvalue weighted by atomic mass is 16.5. The molecule has 0 radical (unpaired) electrons. The highest BCUT2D eigenvalue weighted by Crippen LogP contribution is 2.12. The summed E-state index contributed by atoms with van der Waals surface area (Å²) in [4.78, 5) is 0. The third-order valence-electron chi connectivity index (χ3n) is 2.36. The van der Waals surface area contributed by atoms with E-state index in [9.17, 15) is 0 Å². The van der Waals surface area contributed by atoms with Gasteiger partial charge in [0.05, 0.1) is 12.7 Å². The van der Waals surface area contributed by atoms with Crippen molar-refractivity contribution in [2.24, 2.45) is 5.73 Å². The molecule has 78 valence electrons. The summed E-state index contributed by atoms with van der Waals surface area (Å²) in [6.45, 7) is 7.42. The zero-order valence-electron chi connectivity index (χ0n) is 9.21. The van der Waals surface area contributed by atoms with Gasteiger partial charge in [-0.25, -0.2) is 0 Å². The zero-order chi connectivity index (χ0) is 10.6. The van der Waals surface area contributed by atoms with Gasteiger partial charge in [0.1, 0.15) is 0 Å².